The predicted molar refractivity (Wildman–Crippen MR) is 250 cm³/mol. The Morgan fingerprint density at radius 3 is 1.59 bits per heavy atom. The van der Waals surface area contributed by atoms with Gasteiger partial charge in [-0.2, -0.15) is 0 Å². The van der Waals surface area contributed by atoms with Crippen molar-refractivity contribution in [2.45, 2.75) is 238 Å². The van der Waals surface area contributed by atoms with Crippen LogP contribution in [0.3, 0.4) is 0 Å². The van der Waals surface area contributed by atoms with Crippen LogP contribution in [0.15, 0.2) is 72.9 Å². The summed E-state index contributed by atoms with van der Waals surface area (Å²) >= 11 is 0. The number of carbonyl (C=O) groups excluding carboxylic acids is 2. The van der Waals surface area contributed by atoms with E-state index >= 15 is 0 Å². The van der Waals surface area contributed by atoms with E-state index in [-0.39, 0.29) is 24.9 Å². The van der Waals surface area contributed by atoms with Gasteiger partial charge in [0.1, 0.15) is 6.10 Å². The molecule has 0 heterocycles. The van der Waals surface area contributed by atoms with Crippen molar-refractivity contribution in [3.63, 3.8) is 0 Å². The number of hydrogen-bond donors (Lipinski definition) is 3. The molecule has 0 radical (unpaired) electrons. The summed E-state index contributed by atoms with van der Waals surface area (Å²) in [7, 11) is 0. The average molecular weight is 810 g/mol. The molecular weight excluding hydrogens is 719 g/mol. The molecule has 0 aliphatic rings. The molecule has 0 aromatic carbocycles. The Labute approximate surface area is 358 Å². The van der Waals surface area contributed by atoms with Crippen molar-refractivity contribution in [1.82, 2.24) is 5.32 Å². The lowest BCUT2D eigenvalue weighted by Crippen LogP contribution is -2.46. The van der Waals surface area contributed by atoms with Gasteiger partial charge in [-0.15, -0.1) is 0 Å². The van der Waals surface area contributed by atoms with E-state index in [1.54, 1.807) is 0 Å². The third-order valence-electron chi connectivity index (χ3n) is 10.6. The Kier molecular flexibility index (Phi) is 43.3. The summed E-state index contributed by atoms with van der Waals surface area (Å²) in [5.41, 5.74) is 0. The molecular formula is C52H91NO5. The maximum atomic E-state index is 13.2. The molecule has 3 unspecified atom stereocenters. The van der Waals surface area contributed by atoms with Crippen LogP contribution < -0.4 is 5.32 Å². The van der Waals surface area contributed by atoms with Gasteiger partial charge in [-0.1, -0.05) is 203 Å². The van der Waals surface area contributed by atoms with Gasteiger partial charge in [0.15, 0.2) is 0 Å². The molecule has 58 heavy (non-hydrogen) atoms. The Bertz CT molecular complexity index is 1090. The van der Waals surface area contributed by atoms with Crippen LogP contribution in [0.5, 0.6) is 0 Å². The smallest absolute Gasteiger partial charge is 0.306 e. The van der Waals surface area contributed by atoms with E-state index < -0.39 is 18.2 Å². The van der Waals surface area contributed by atoms with Crippen molar-refractivity contribution in [3.8, 4) is 0 Å². The molecule has 0 bridgehead atoms. The van der Waals surface area contributed by atoms with Crippen molar-refractivity contribution in [2.24, 2.45) is 0 Å². The standard InChI is InChI=1S/C52H91NO5/c1-4-7-10-13-16-19-22-24-25-27-29-31-34-37-40-43-48(58-52(57)45-42-39-36-33-30-26-23-20-17-14-11-8-5-2)46-51(56)53-49(47-54)50(55)44-41-38-35-32-28-21-18-15-12-9-6-3/h8,11,14,16-17,19-20,23-26,30,48-50,54-55H,4-7,9-10,12-13,15,18,21-22,27-29,31-47H2,1-3H3,(H,53,56)/b11-8+,17-14+,19-16-,23-20-,25-24-,30-26-. The zero-order valence-electron chi connectivity index (χ0n) is 37.9. The Balaban J connectivity index is 4.71. The summed E-state index contributed by atoms with van der Waals surface area (Å²) in [6, 6.07) is -0.716. The Morgan fingerprint density at radius 2 is 1.00 bits per heavy atom. The second-order valence-electron chi connectivity index (χ2n) is 16.2. The first kappa shape index (κ1) is 55.3. The highest BCUT2D eigenvalue weighted by atomic mass is 16.5. The monoisotopic (exact) mass is 810 g/mol. The highest BCUT2D eigenvalue weighted by Gasteiger charge is 2.24. The normalized spacial score (nSPS) is 13.9. The van der Waals surface area contributed by atoms with Gasteiger partial charge in [-0.3, -0.25) is 9.59 Å². The number of allylic oxidation sites excluding steroid dienone is 12. The van der Waals surface area contributed by atoms with Gasteiger partial charge in [-0.05, 0) is 77.0 Å². The zero-order chi connectivity index (χ0) is 42.4. The molecule has 0 aromatic heterocycles. The van der Waals surface area contributed by atoms with Crippen LogP contribution in [0.2, 0.25) is 0 Å². The number of amides is 1. The second kappa shape index (κ2) is 45.4. The van der Waals surface area contributed by atoms with Crippen LogP contribution in [0.1, 0.15) is 220 Å². The van der Waals surface area contributed by atoms with Crippen molar-refractivity contribution in [1.29, 1.82) is 0 Å². The number of carbonyl (C=O) groups is 2. The zero-order valence-corrected chi connectivity index (χ0v) is 37.9. The quantitative estimate of drug-likeness (QED) is 0.0247. The number of rotatable bonds is 42. The molecule has 334 valence electrons. The molecule has 0 rings (SSSR count). The van der Waals surface area contributed by atoms with Gasteiger partial charge in [0, 0.05) is 6.42 Å². The fraction of sp³-hybridized carbons (Fsp3) is 0.731. The van der Waals surface area contributed by atoms with Crippen molar-refractivity contribution >= 4 is 11.9 Å². The molecule has 3 N–H and O–H groups in total. The van der Waals surface area contributed by atoms with Crippen molar-refractivity contribution < 1.29 is 24.5 Å². The molecule has 0 saturated heterocycles. The molecule has 6 heteroatoms. The molecule has 1 amide bonds. The van der Waals surface area contributed by atoms with Crippen LogP contribution in [0.25, 0.3) is 0 Å². The number of unbranched alkanes of at least 4 members (excludes halogenated alkanes) is 21. The molecule has 6 nitrogen and oxygen atoms in total. The third kappa shape index (κ3) is 40.1. The highest BCUT2D eigenvalue weighted by Crippen LogP contribution is 2.17. The van der Waals surface area contributed by atoms with Gasteiger partial charge in [-0.25, -0.2) is 0 Å². The summed E-state index contributed by atoms with van der Waals surface area (Å²) < 4.78 is 5.89. The molecule has 0 spiro atoms. The SMILES string of the molecule is CC/C=C/C=C/C=C\C=C/CCCCCC(=O)OC(CCCCCCC/C=C\C/C=C\CCCCC)CC(=O)NC(CO)C(O)CCCCCCCCCCCCC. The van der Waals surface area contributed by atoms with Crippen LogP contribution in [-0.2, 0) is 14.3 Å². The number of hydrogen-bond acceptors (Lipinski definition) is 5. The van der Waals surface area contributed by atoms with Crippen LogP contribution >= 0.6 is 0 Å². The van der Waals surface area contributed by atoms with Crippen molar-refractivity contribution in [3.05, 3.63) is 72.9 Å². The van der Waals surface area contributed by atoms with Gasteiger partial charge >= 0.3 is 5.97 Å². The topological polar surface area (TPSA) is 95.9 Å². The summed E-state index contributed by atoms with van der Waals surface area (Å²) in [5, 5.41) is 23.7. The minimum Gasteiger partial charge on any atom is -0.462 e. The molecule has 0 saturated carbocycles. The van der Waals surface area contributed by atoms with E-state index in [1.165, 1.54) is 83.5 Å². The summed E-state index contributed by atoms with van der Waals surface area (Å²) in [6.07, 6.45) is 56.7. The summed E-state index contributed by atoms with van der Waals surface area (Å²) in [4.78, 5) is 26.0. The van der Waals surface area contributed by atoms with Crippen LogP contribution in [-0.4, -0.2) is 46.9 Å². The van der Waals surface area contributed by atoms with E-state index in [0.29, 0.717) is 19.3 Å². The minimum atomic E-state index is -0.800. The van der Waals surface area contributed by atoms with Crippen LogP contribution in [0, 0.1) is 0 Å². The first-order valence-electron chi connectivity index (χ1n) is 24.2. The number of ether oxygens (including phenoxy) is 1. The van der Waals surface area contributed by atoms with Crippen molar-refractivity contribution in [2.75, 3.05) is 6.61 Å². The lowest BCUT2D eigenvalue weighted by atomic mass is 10.0. The Morgan fingerprint density at radius 1 is 0.534 bits per heavy atom. The molecule has 0 aliphatic heterocycles. The first-order valence-corrected chi connectivity index (χ1v) is 24.2. The van der Waals surface area contributed by atoms with E-state index in [0.717, 1.165) is 89.9 Å². The number of aliphatic hydroxyl groups excluding tert-OH is 2. The molecule has 0 aliphatic carbocycles. The van der Waals surface area contributed by atoms with Crippen LogP contribution in [0.4, 0.5) is 0 Å². The molecule has 3 atom stereocenters. The largest absolute Gasteiger partial charge is 0.462 e. The third-order valence-corrected chi connectivity index (χ3v) is 10.6. The maximum Gasteiger partial charge on any atom is 0.306 e. The van der Waals surface area contributed by atoms with Gasteiger partial charge in [0.2, 0.25) is 5.91 Å². The highest BCUT2D eigenvalue weighted by molar-refractivity contribution is 5.77. The summed E-state index contributed by atoms with van der Waals surface area (Å²) in [5.74, 6) is -0.538. The lowest BCUT2D eigenvalue weighted by Gasteiger charge is -2.24. The minimum absolute atomic E-state index is 0.0492. The summed E-state index contributed by atoms with van der Waals surface area (Å²) in [6.45, 7) is 6.29. The van der Waals surface area contributed by atoms with Gasteiger partial charge < -0.3 is 20.3 Å². The van der Waals surface area contributed by atoms with E-state index in [4.69, 9.17) is 4.74 Å². The number of aliphatic hydroxyl groups is 2. The van der Waals surface area contributed by atoms with E-state index in [9.17, 15) is 19.8 Å². The van der Waals surface area contributed by atoms with E-state index in [2.05, 4.69) is 68.6 Å². The Hall–Kier alpha value is -2.70. The maximum absolute atomic E-state index is 13.2. The lowest BCUT2D eigenvalue weighted by molar-refractivity contribution is -0.151. The first-order chi connectivity index (χ1) is 28.5. The predicted octanol–water partition coefficient (Wildman–Crippen LogP) is 14.2. The molecule has 0 aromatic rings. The average Bonchev–Trinajstić information content (AvgIpc) is 3.22. The number of esters is 1. The number of nitrogens with one attached hydrogen (secondary N) is 1. The van der Waals surface area contributed by atoms with Gasteiger partial charge in [0.05, 0.1) is 25.2 Å². The molecule has 0 fully saturated rings. The fourth-order valence-corrected chi connectivity index (χ4v) is 6.94. The van der Waals surface area contributed by atoms with Gasteiger partial charge in [0.25, 0.3) is 0 Å². The fourth-order valence-electron chi connectivity index (χ4n) is 6.94. The van der Waals surface area contributed by atoms with E-state index in [1.807, 2.05) is 30.4 Å². The second-order valence-corrected chi connectivity index (χ2v) is 16.2.